The van der Waals surface area contributed by atoms with Crippen LogP contribution in [0.2, 0.25) is 0 Å². The number of hydrogen-bond donors (Lipinski definition) is 2. The first-order valence-electron chi connectivity index (χ1n) is 6.31. The van der Waals surface area contributed by atoms with Gasteiger partial charge in [-0.1, -0.05) is 30.3 Å². The van der Waals surface area contributed by atoms with Crippen molar-refractivity contribution in [3.63, 3.8) is 0 Å². The zero-order valence-corrected chi connectivity index (χ0v) is 12.2. The van der Waals surface area contributed by atoms with Crippen molar-refractivity contribution in [1.29, 1.82) is 0 Å². The first kappa shape index (κ1) is 15.1. The minimum absolute atomic E-state index is 0.0382. The number of rotatable bonds is 4. The van der Waals surface area contributed by atoms with Crippen LogP contribution in [-0.4, -0.2) is 19.4 Å². The van der Waals surface area contributed by atoms with Gasteiger partial charge in [0.15, 0.2) is 0 Å². The topological polar surface area (TPSA) is 83.5 Å². The molecule has 0 radical (unpaired) electrons. The van der Waals surface area contributed by atoms with Gasteiger partial charge in [-0.25, -0.2) is 13.1 Å². The third-order valence-corrected chi connectivity index (χ3v) is 4.44. The van der Waals surface area contributed by atoms with E-state index < -0.39 is 21.8 Å². The summed E-state index contributed by atoms with van der Waals surface area (Å²) in [7, 11) is -3.87. The molecule has 0 saturated carbocycles. The highest BCUT2D eigenvalue weighted by atomic mass is 32.2. The molecule has 0 fully saturated rings. The van der Waals surface area contributed by atoms with Gasteiger partial charge in [-0.15, -0.1) is 0 Å². The van der Waals surface area contributed by atoms with Gasteiger partial charge in [0.25, 0.3) is 10.0 Å². The Morgan fingerprint density at radius 3 is 2.19 bits per heavy atom. The lowest BCUT2D eigenvalue weighted by Gasteiger charge is -2.13. The lowest BCUT2D eigenvalue weighted by molar-refractivity contribution is -0.120. The molecule has 21 heavy (non-hydrogen) atoms. The predicted octanol–water partition coefficient (Wildman–Crippen LogP) is 2.00. The smallest absolute Gasteiger partial charge is 0.264 e. The van der Waals surface area contributed by atoms with Gasteiger partial charge in [-0.2, -0.15) is 0 Å². The van der Waals surface area contributed by atoms with E-state index in [4.69, 9.17) is 0 Å². The van der Waals surface area contributed by atoms with Crippen molar-refractivity contribution in [3.8, 4) is 5.75 Å². The molecule has 110 valence electrons. The molecule has 0 saturated heterocycles. The quantitative estimate of drug-likeness (QED) is 0.905. The predicted molar refractivity (Wildman–Crippen MR) is 78.3 cm³/mol. The first-order chi connectivity index (χ1) is 9.90. The fourth-order valence-corrected chi connectivity index (χ4v) is 2.87. The fourth-order valence-electron chi connectivity index (χ4n) is 1.79. The molecular weight excluding hydrogens is 290 g/mol. The van der Waals surface area contributed by atoms with Gasteiger partial charge in [-0.3, -0.25) is 4.79 Å². The van der Waals surface area contributed by atoms with Crippen LogP contribution in [0.1, 0.15) is 18.4 Å². The summed E-state index contributed by atoms with van der Waals surface area (Å²) in [6.07, 6.45) is 0. The molecule has 0 aliphatic heterocycles. The lowest BCUT2D eigenvalue weighted by Crippen LogP contribution is -2.33. The van der Waals surface area contributed by atoms with Gasteiger partial charge < -0.3 is 5.11 Å². The number of benzene rings is 2. The highest BCUT2D eigenvalue weighted by Crippen LogP contribution is 2.19. The van der Waals surface area contributed by atoms with Crippen LogP contribution in [0.15, 0.2) is 59.5 Å². The Morgan fingerprint density at radius 2 is 1.62 bits per heavy atom. The van der Waals surface area contributed by atoms with E-state index in [2.05, 4.69) is 4.72 Å². The third kappa shape index (κ3) is 3.61. The molecule has 5 nitrogen and oxygen atoms in total. The summed E-state index contributed by atoms with van der Waals surface area (Å²) < 4.78 is 26.2. The summed E-state index contributed by atoms with van der Waals surface area (Å²) in [6.45, 7) is 1.60. The second-order valence-corrected chi connectivity index (χ2v) is 6.28. The third-order valence-electron chi connectivity index (χ3n) is 3.07. The van der Waals surface area contributed by atoms with Crippen LogP contribution in [0.3, 0.4) is 0 Å². The maximum absolute atomic E-state index is 12.1. The molecule has 2 aromatic rings. The zero-order valence-electron chi connectivity index (χ0n) is 11.4. The number of carbonyl (C=O) groups is 1. The van der Waals surface area contributed by atoms with Crippen molar-refractivity contribution in [2.75, 3.05) is 0 Å². The van der Waals surface area contributed by atoms with Crippen LogP contribution >= 0.6 is 0 Å². The molecule has 1 atom stereocenters. The first-order valence-corrected chi connectivity index (χ1v) is 7.79. The Morgan fingerprint density at radius 1 is 1.05 bits per heavy atom. The van der Waals surface area contributed by atoms with E-state index in [9.17, 15) is 18.3 Å². The number of hydrogen-bond acceptors (Lipinski definition) is 4. The molecule has 1 unspecified atom stereocenters. The van der Waals surface area contributed by atoms with Crippen LogP contribution in [0, 0.1) is 0 Å². The molecule has 0 aliphatic rings. The van der Waals surface area contributed by atoms with Crippen LogP contribution in [0.5, 0.6) is 5.75 Å². The summed E-state index contributed by atoms with van der Waals surface area (Å²) in [5.41, 5.74) is 0.619. The summed E-state index contributed by atoms with van der Waals surface area (Å²) in [5.74, 6) is -1.18. The van der Waals surface area contributed by atoms with Crippen LogP contribution < -0.4 is 4.72 Å². The second kappa shape index (κ2) is 5.97. The highest BCUT2D eigenvalue weighted by molar-refractivity contribution is 7.90. The molecule has 2 aromatic carbocycles. The van der Waals surface area contributed by atoms with Crippen LogP contribution in [-0.2, 0) is 14.8 Å². The van der Waals surface area contributed by atoms with Crippen molar-refractivity contribution < 1.29 is 18.3 Å². The molecule has 0 heterocycles. The molecule has 0 bridgehead atoms. The minimum atomic E-state index is -3.87. The Balaban J connectivity index is 2.16. The van der Waals surface area contributed by atoms with E-state index in [0.717, 1.165) is 0 Å². The molecule has 2 N–H and O–H groups in total. The van der Waals surface area contributed by atoms with Crippen LogP contribution in [0.25, 0.3) is 0 Å². The number of amides is 1. The van der Waals surface area contributed by atoms with E-state index >= 15 is 0 Å². The molecule has 6 heteroatoms. The number of sulfonamides is 1. The normalized spacial score (nSPS) is 12.6. The van der Waals surface area contributed by atoms with Crippen molar-refractivity contribution >= 4 is 15.9 Å². The second-order valence-electron chi connectivity index (χ2n) is 4.60. The molecule has 0 aromatic heterocycles. The summed E-state index contributed by atoms with van der Waals surface area (Å²) >= 11 is 0. The lowest BCUT2D eigenvalue weighted by atomic mass is 10.0. The Hall–Kier alpha value is -2.34. The zero-order chi connectivity index (χ0) is 15.5. The standard InChI is InChI=1S/C15H15NO4S/c1-11(12-7-9-13(17)10-8-12)15(18)16-21(19,20)14-5-3-2-4-6-14/h2-11,17H,1H3,(H,16,18). The number of phenolic OH excluding ortho intramolecular Hbond substituents is 1. The highest BCUT2D eigenvalue weighted by Gasteiger charge is 2.22. The largest absolute Gasteiger partial charge is 0.508 e. The molecule has 0 spiro atoms. The summed E-state index contributed by atoms with van der Waals surface area (Å²) in [4.78, 5) is 12.1. The van der Waals surface area contributed by atoms with Gasteiger partial charge in [0, 0.05) is 0 Å². The van der Waals surface area contributed by atoms with Crippen molar-refractivity contribution in [3.05, 3.63) is 60.2 Å². The van der Waals surface area contributed by atoms with E-state index in [0.29, 0.717) is 5.56 Å². The Kier molecular flexibility index (Phi) is 4.28. The van der Waals surface area contributed by atoms with Crippen molar-refractivity contribution in [2.45, 2.75) is 17.7 Å². The molecule has 1 amide bonds. The van der Waals surface area contributed by atoms with E-state index in [1.807, 2.05) is 0 Å². The van der Waals surface area contributed by atoms with E-state index in [1.165, 1.54) is 24.3 Å². The van der Waals surface area contributed by atoms with Crippen molar-refractivity contribution in [1.82, 2.24) is 4.72 Å². The van der Waals surface area contributed by atoms with Crippen LogP contribution in [0.4, 0.5) is 0 Å². The average Bonchev–Trinajstić information content (AvgIpc) is 2.48. The van der Waals surface area contributed by atoms with Gasteiger partial charge in [-0.05, 0) is 36.8 Å². The van der Waals surface area contributed by atoms with Gasteiger partial charge in [0.05, 0.1) is 10.8 Å². The SMILES string of the molecule is CC(C(=O)NS(=O)(=O)c1ccccc1)c1ccc(O)cc1. The summed E-state index contributed by atoms with van der Waals surface area (Å²) in [6, 6.07) is 13.8. The van der Waals surface area contributed by atoms with Crippen molar-refractivity contribution in [2.24, 2.45) is 0 Å². The number of carbonyl (C=O) groups excluding carboxylic acids is 1. The maximum atomic E-state index is 12.1. The van der Waals surface area contributed by atoms with E-state index in [-0.39, 0.29) is 10.6 Å². The van der Waals surface area contributed by atoms with Gasteiger partial charge in [0.2, 0.25) is 5.91 Å². The van der Waals surface area contributed by atoms with E-state index in [1.54, 1.807) is 37.3 Å². The van der Waals surface area contributed by atoms with Gasteiger partial charge in [0.1, 0.15) is 5.75 Å². The molecule has 0 aliphatic carbocycles. The number of nitrogens with one attached hydrogen (secondary N) is 1. The fraction of sp³-hybridized carbons (Fsp3) is 0.133. The minimum Gasteiger partial charge on any atom is -0.508 e. The monoisotopic (exact) mass is 305 g/mol. The Labute approximate surface area is 123 Å². The summed E-state index contributed by atoms with van der Waals surface area (Å²) in [5, 5.41) is 9.22. The maximum Gasteiger partial charge on any atom is 0.264 e. The number of phenols is 1. The average molecular weight is 305 g/mol. The Bertz CT molecular complexity index is 724. The number of aromatic hydroxyl groups is 1. The molecular formula is C15H15NO4S. The van der Waals surface area contributed by atoms with Gasteiger partial charge >= 0.3 is 0 Å². The molecule has 2 rings (SSSR count).